The molecule has 0 bridgehead atoms. The van der Waals surface area contributed by atoms with E-state index in [1.165, 1.54) is 0 Å². The smallest absolute Gasteiger partial charge is 0.410 e. The Morgan fingerprint density at radius 2 is 1.96 bits per heavy atom. The molecule has 0 aliphatic carbocycles. The molecule has 1 aliphatic heterocycles. The normalized spacial score (nSPS) is 18.9. The minimum absolute atomic E-state index is 0.177. The van der Waals surface area contributed by atoms with Crippen LogP contribution in [0.25, 0.3) is 0 Å². The summed E-state index contributed by atoms with van der Waals surface area (Å²) in [4.78, 5) is 14.0. The Morgan fingerprint density at radius 1 is 1.30 bits per heavy atom. The van der Waals surface area contributed by atoms with Gasteiger partial charge in [-0.1, -0.05) is 18.2 Å². The molecule has 1 aliphatic rings. The van der Waals surface area contributed by atoms with Crippen LogP contribution in [0.2, 0.25) is 0 Å². The Labute approximate surface area is 137 Å². The zero-order valence-corrected chi connectivity index (χ0v) is 14.6. The van der Waals surface area contributed by atoms with E-state index in [9.17, 15) is 13.2 Å². The number of nitrogens with one attached hydrogen (secondary N) is 1. The summed E-state index contributed by atoms with van der Waals surface area (Å²) in [5, 5.41) is 0. The van der Waals surface area contributed by atoms with E-state index in [0.717, 1.165) is 12.8 Å². The summed E-state index contributed by atoms with van der Waals surface area (Å²) in [6.45, 7) is 6.22. The minimum Gasteiger partial charge on any atom is -0.444 e. The number of carbonyl (C=O) groups is 1. The van der Waals surface area contributed by atoms with Crippen LogP contribution >= 0.6 is 0 Å². The van der Waals surface area contributed by atoms with Crippen molar-refractivity contribution in [3.63, 3.8) is 0 Å². The maximum Gasteiger partial charge on any atom is 0.410 e. The van der Waals surface area contributed by atoms with E-state index in [1.807, 2.05) is 20.8 Å². The topological polar surface area (TPSA) is 75.7 Å². The lowest BCUT2D eigenvalue weighted by molar-refractivity contribution is 0.0229. The molecule has 1 heterocycles. The van der Waals surface area contributed by atoms with E-state index in [4.69, 9.17) is 4.74 Å². The van der Waals surface area contributed by atoms with Gasteiger partial charge in [0.05, 0.1) is 4.90 Å². The third kappa shape index (κ3) is 4.94. The summed E-state index contributed by atoms with van der Waals surface area (Å²) < 4.78 is 32.5. The van der Waals surface area contributed by atoms with Gasteiger partial charge in [0.1, 0.15) is 5.60 Å². The molecule has 1 unspecified atom stereocenters. The highest BCUT2D eigenvalue weighted by molar-refractivity contribution is 7.89. The predicted octanol–water partition coefficient (Wildman–Crippen LogP) is 2.36. The van der Waals surface area contributed by atoms with Gasteiger partial charge >= 0.3 is 6.09 Å². The third-order valence-corrected chi connectivity index (χ3v) is 5.01. The zero-order chi connectivity index (χ0) is 17.1. The number of rotatable bonds is 4. The highest BCUT2D eigenvalue weighted by atomic mass is 32.2. The molecular weight excluding hydrogens is 316 g/mol. The molecule has 1 aromatic rings. The van der Waals surface area contributed by atoms with Crippen molar-refractivity contribution < 1.29 is 17.9 Å². The Kier molecular flexibility index (Phi) is 5.31. The van der Waals surface area contributed by atoms with Gasteiger partial charge in [-0.15, -0.1) is 0 Å². The summed E-state index contributed by atoms with van der Waals surface area (Å²) in [5.41, 5.74) is -0.562. The molecule has 1 N–H and O–H groups in total. The third-order valence-electron chi connectivity index (χ3n) is 3.57. The maximum absolute atomic E-state index is 12.2. The summed E-state index contributed by atoms with van der Waals surface area (Å²) in [6, 6.07) is 8.03. The lowest BCUT2D eigenvalue weighted by Crippen LogP contribution is -2.45. The van der Waals surface area contributed by atoms with E-state index < -0.39 is 15.6 Å². The molecule has 2 rings (SSSR count). The molecule has 0 spiro atoms. The quantitative estimate of drug-likeness (QED) is 0.913. The van der Waals surface area contributed by atoms with Crippen LogP contribution in [0.5, 0.6) is 0 Å². The molecule has 23 heavy (non-hydrogen) atoms. The Morgan fingerprint density at radius 3 is 2.57 bits per heavy atom. The first-order chi connectivity index (χ1) is 10.7. The molecule has 1 aromatic carbocycles. The lowest BCUT2D eigenvalue weighted by Gasteiger charge is -2.28. The first kappa shape index (κ1) is 17.7. The lowest BCUT2D eigenvalue weighted by atomic mass is 10.2. The fourth-order valence-corrected chi connectivity index (χ4v) is 3.59. The second kappa shape index (κ2) is 6.88. The summed E-state index contributed by atoms with van der Waals surface area (Å²) in [7, 11) is -3.56. The highest BCUT2D eigenvalue weighted by Gasteiger charge is 2.32. The van der Waals surface area contributed by atoms with Gasteiger partial charge in [0.15, 0.2) is 0 Å². The van der Waals surface area contributed by atoms with Gasteiger partial charge in [-0.2, -0.15) is 0 Å². The van der Waals surface area contributed by atoms with Gasteiger partial charge in [-0.3, -0.25) is 0 Å². The summed E-state index contributed by atoms with van der Waals surface area (Å²) in [5.74, 6) is 0. The maximum atomic E-state index is 12.2. The Bertz CT molecular complexity index is 638. The van der Waals surface area contributed by atoms with Gasteiger partial charge in [0, 0.05) is 19.1 Å². The first-order valence-corrected chi connectivity index (χ1v) is 9.22. The molecule has 1 fully saturated rings. The number of nitrogens with zero attached hydrogens (tertiary/aromatic N) is 1. The molecule has 7 heteroatoms. The molecular formula is C16H24N2O4S. The fraction of sp³-hybridized carbons (Fsp3) is 0.562. The summed E-state index contributed by atoms with van der Waals surface area (Å²) in [6.07, 6.45) is 1.21. The fourth-order valence-electron chi connectivity index (χ4n) is 2.50. The van der Waals surface area contributed by atoms with E-state index in [2.05, 4.69) is 4.72 Å². The van der Waals surface area contributed by atoms with Gasteiger partial charge < -0.3 is 9.64 Å². The molecule has 0 radical (unpaired) electrons. The molecule has 0 saturated carbocycles. The number of hydrogen-bond donors (Lipinski definition) is 1. The molecule has 1 saturated heterocycles. The van der Waals surface area contributed by atoms with Gasteiger partial charge in [0.25, 0.3) is 0 Å². The number of ether oxygens (including phenoxy) is 1. The van der Waals surface area contributed by atoms with Crippen molar-refractivity contribution in [2.75, 3.05) is 13.1 Å². The van der Waals surface area contributed by atoms with Crippen LogP contribution in [-0.4, -0.2) is 44.1 Å². The van der Waals surface area contributed by atoms with Gasteiger partial charge in [0.2, 0.25) is 10.0 Å². The van der Waals surface area contributed by atoms with Crippen molar-refractivity contribution in [2.45, 2.75) is 50.2 Å². The van der Waals surface area contributed by atoms with E-state index in [1.54, 1.807) is 35.2 Å². The van der Waals surface area contributed by atoms with Crippen molar-refractivity contribution in [3.8, 4) is 0 Å². The van der Waals surface area contributed by atoms with Crippen LogP contribution in [0, 0.1) is 0 Å². The number of sulfonamides is 1. The zero-order valence-electron chi connectivity index (χ0n) is 13.8. The van der Waals surface area contributed by atoms with Crippen LogP contribution in [-0.2, 0) is 14.8 Å². The Balaban J connectivity index is 1.98. The van der Waals surface area contributed by atoms with Crippen molar-refractivity contribution in [1.82, 2.24) is 9.62 Å². The van der Waals surface area contributed by atoms with Crippen LogP contribution in [0.15, 0.2) is 35.2 Å². The number of likely N-dealkylation sites (tertiary alicyclic amines) is 1. The van der Waals surface area contributed by atoms with Gasteiger partial charge in [-0.25, -0.2) is 17.9 Å². The molecule has 0 aromatic heterocycles. The number of amides is 1. The average Bonchev–Trinajstić information content (AvgIpc) is 2.93. The largest absolute Gasteiger partial charge is 0.444 e. The first-order valence-electron chi connectivity index (χ1n) is 7.73. The minimum atomic E-state index is -3.56. The number of hydrogen-bond acceptors (Lipinski definition) is 4. The van der Waals surface area contributed by atoms with Crippen molar-refractivity contribution in [2.24, 2.45) is 0 Å². The molecule has 1 amide bonds. The number of carbonyl (C=O) groups excluding carboxylic acids is 1. The SMILES string of the molecule is CC(C)(C)OC(=O)N1CCCC1CNS(=O)(=O)c1ccccc1. The molecule has 6 nitrogen and oxygen atoms in total. The molecule has 128 valence electrons. The second-order valence-electron chi connectivity index (χ2n) is 6.63. The van der Waals surface area contributed by atoms with Crippen LogP contribution in [0.1, 0.15) is 33.6 Å². The van der Waals surface area contributed by atoms with E-state index in [-0.39, 0.29) is 23.6 Å². The standard InChI is InChI=1S/C16H24N2O4S/c1-16(2,3)22-15(19)18-11-7-8-13(18)12-17-23(20,21)14-9-5-4-6-10-14/h4-6,9-10,13,17H,7-8,11-12H2,1-3H3. The van der Waals surface area contributed by atoms with Crippen molar-refractivity contribution >= 4 is 16.1 Å². The van der Waals surface area contributed by atoms with E-state index in [0.29, 0.717) is 6.54 Å². The monoisotopic (exact) mass is 340 g/mol. The van der Waals surface area contributed by atoms with Crippen LogP contribution in [0.4, 0.5) is 4.79 Å². The highest BCUT2D eigenvalue weighted by Crippen LogP contribution is 2.21. The summed E-state index contributed by atoms with van der Waals surface area (Å²) >= 11 is 0. The number of benzene rings is 1. The molecule has 1 atom stereocenters. The average molecular weight is 340 g/mol. The van der Waals surface area contributed by atoms with Crippen LogP contribution < -0.4 is 4.72 Å². The van der Waals surface area contributed by atoms with Crippen molar-refractivity contribution in [3.05, 3.63) is 30.3 Å². The second-order valence-corrected chi connectivity index (χ2v) is 8.40. The van der Waals surface area contributed by atoms with Crippen molar-refractivity contribution in [1.29, 1.82) is 0 Å². The van der Waals surface area contributed by atoms with E-state index >= 15 is 0 Å². The van der Waals surface area contributed by atoms with Crippen LogP contribution in [0.3, 0.4) is 0 Å². The predicted molar refractivity (Wildman–Crippen MR) is 87.6 cm³/mol. The van der Waals surface area contributed by atoms with Gasteiger partial charge in [-0.05, 0) is 45.7 Å². The Hall–Kier alpha value is -1.60.